The summed E-state index contributed by atoms with van der Waals surface area (Å²) in [6.45, 7) is 2.25. The molecule has 1 aromatic rings. The van der Waals surface area contributed by atoms with Gasteiger partial charge in [-0.15, -0.1) is 0 Å². The first-order valence-corrected chi connectivity index (χ1v) is 7.80. The van der Waals surface area contributed by atoms with Crippen molar-refractivity contribution < 1.29 is 0 Å². The van der Waals surface area contributed by atoms with Gasteiger partial charge in [0.1, 0.15) is 0 Å². The summed E-state index contributed by atoms with van der Waals surface area (Å²) in [6, 6.07) is 9.71. The summed E-state index contributed by atoms with van der Waals surface area (Å²) in [7, 11) is 0. The molecule has 1 unspecified atom stereocenters. The molecule has 0 spiro atoms. The molecule has 0 aliphatic carbocycles. The maximum atomic E-state index is 3.72. The van der Waals surface area contributed by atoms with Crippen LogP contribution >= 0.6 is 27.7 Å². The molecule has 16 heavy (non-hydrogen) atoms. The fourth-order valence-electron chi connectivity index (χ4n) is 2.10. The summed E-state index contributed by atoms with van der Waals surface area (Å²) < 4.78 is 1.16. The van der Waals surface area contributed by atoms with Gasteiger partial charge in [0.05, 0.1) is 0 Å². The average molecular weight is 300 g/mol. The molecule has 1 fully saturated rings. The number of benzene rings is 1. The van der Waals surface area contributed by atoms with Crippen molar-refractivity contribution in [2.24, 2.45) is 0 Å². The van der Waals surface area contributed by atoms with Crippen molar-refractivity contribution in [3.05, 3.63) is 34.3 Å². The lowest BCUT2D eigenvalue weighted by atomic mass is 10.1. The molecule has 0 radical (unpaired) electrons. The second kappa shape index (κ2) is 6.08. The minimum Gasteiger partial charge on any atom is -0.307 e. The SMILES string of the molecule is C[C@@H](NC1CCCSC1)c1cccc(Br)c1. The molecule has 1 aromatic carbocycles. The zero-order valence-corrected chi connectivity index (χ0v) is 12.0. The summed E-state index contributed by atoms with van der Waals surface area (Å²) in [5.41, 5.74) is 1.37. The Morgan fingerprint density at radius 1 is 1.50 bits per heavy atom. The Labute approximate surface area is 111 Å². The predicted molar refractivity (Wildman–Crippen MR) is 76.0 cm³/mol. The molecule has 2 rings (SSSR count). The van der Waals surface area contributed by atoms with E-state index in [2.05, 4.69) is 64.2 Å². The summed E-state index contributed by atoms with van der Waals surface area (Å²) in [4.78, 5) is 0. The summed E-state index contributed by atoms with van der Waals surface area (Å²) >= 11 is 5.60. The van der Waals surface area contributed by atoms with E-state index < -0.39 is 0 Å². The molecule has 0 saturated carbocycles. The van der Waals surface area contributed by atoms with E-state index in [9.17, 15) is 0 Å². The van der Waals surface area contributed by atoms with Gasteiger partial charge >= 0.3 is 0 Å². The molecule has 3 heteroatoms. The highest BCUT2D eigenvalue weighted by Gasteiger charge is 2.16. The molecular weight excluding hydrogens is 282 g/mol. The lowest BCUT2D eigenvalue weighted by Crippen LogP contribution is -2.35. The molecule has 88 valence electrons. The Bertz CT molecular complexity index is 336. The van der Waals surface area contributed by atoms with Crippen molar-refractivity contribution >= 4 is 27.7 Å². The zero-order chi connectivity index (χ0) is 11.4. The van der Waals surface area contributed by atoms with Gasteiger partial charge < -0.3 is 5.32 Å². The Kier molecular flexibility index (Phi) is 4.74. The van der Waals surface area contributed by atoms with Crippen LogP contribution in [0.3, 0.4) is 0 Å². The maximum absolute atomic E-state index is 3.72. The van der Waals surface area contributed by atoms with Crippen molar-refractivity contribution in [2.45, 2.75) is 31.8 Å². The van der Waals surface area contributed by atoms with Crippen molar-refractivity contribution in [1.82, 2.24) is 5.32 Å². The second-order valence-electron chi connectivity index (χ2n) is 4.36. The molecule has 0 aromatic heterocycles. The minimum absolute atomic E-state index is 0.446. The molecule has 1 heterocycles. The molecule has 2 atom stereocenters. The lowest BCUT2D eigenvalue weighted by molar-refractivity contribution is 0.452. The predicted octanol–water partition coefficient (Wildman–Crippen LogP) is 4.00. The van der Waals surface area contributed by atoms with Crippen molar-refractivity contribution in [2.75, 3.05) is 11.5 Å². The quantitative estimate of drug-likeness (QED) is 0.905. The summed E-state index contributed by atoms with van der Waals surface area (Å²) in [5, 5.41) is 3.72. The second-order valence-corrected chi connectivity index (χ2v) is 6.42. The van der Waals surface area contributed by atoms with Crippen LogP contribution in [0.25, 0.3) is 0 Å². The van der Waals surface area contributed by atoms with Crippen molar-refractivity contribution in [1.29, 1.82) is 0 Å². The summed E-state index contributed by atoms with van der Waals surface area (Å²) in [5.74, 6) is 2.60. The van der Waals surface area contributed by atoms with Crippen LogP contribution in [0, 0.1) is 0 Å². The number of nitrogens with one attached hydrogen (secondary N) is 1. The number of halogens is 1. The Morgan fingerprint density at radius 3 is 3.06 bits per heavy atom. The summed E-state index contributed by atoms with van der Waals surface area (Å²) in [6.07, 6.45) is 2.68. The van der Waals surface area contributed by atoms with Crippen LogP contribution in [0.5, 0.6) is 0 Å². The van der Waals surface area contributed by atoms with Gasteiger partial charge in [0.2, 0.25) is 0 Å². The third kappa shape index (κ3) is 3.51. The van der Waals surface area contributed by atoms with Crippen LogP contribution in [-0.4, -0.2) is 17.5 Å². The maximum Gasteiger partial charge on any atom is 0.0295 e. The first-order chi connectivity index (χ1) is 7.75. The Balaban J connectivity index is 1.94. The van der Waals surface area contributed by atoms with E-state index in [1.54, 1.807) is 0 Å². The van der Waals surface area contributed by atoms with E-state index in [0.717, 1.165) is 4.47 Å². The van der Waals surface area contributed by atoms with E-state index in [4.69, 9.17) is 0 Å². The smallest absolute Gasteiger partial charge is 0.0295 e. The fourth-order valence-corrected chi connectivity index (χ4v) is 3.60. The van der Waals surface area contributed by atoms with E-state index in [1.807, 2.05) is 0 Å². The van der Waals surface area contributed by atoms with E-state index in [0.29, 0.717) is 12.1 Å². The molecule has 0 amide bonds. The van der Waals surface area contributed by atoms with Gasteiger partial charge in [-0.25, -0.2) is 0 Å². The van der Waals surface area contributed by atoms with Gasteiger partial charge in [-0.2, -0.15) is 11.8 Å². The molecule has 1 aliphatic heterocycles. The number of hydrogen-bond acceptors (Lipinski definition) is 2. The normalized spacial score (nSPS) is 23.0. The van der Waals surface area contributed by atoms with Crippen molar-refractivity contribution in [3.8, 4) is 0 Å². The van der Waals surface area contributed by atoms with E-state index in [1.165, 1.54) is 29.9 Å². The monoisotopic (exact) mass is 299 g/mol. The van der Waals surface area contributed by atoms with Gasteiger partial charge in [0, 0.05) is 22.3 Å². The molecule has 1 aliphatic rings. The van der Waals surface area contributed by atoms with Crippen LogP contribution in [0.15, 0.2) is 28.7 Å². The molecule has 1 nitrogen and oxygen atoms in total. The number of thioether (sulfide) groups is 1. The highest BCUT2D eigenvalue weighted by Crippen LogP contribution is 2.22. The van der Waals surface area contributed by atoms with Crippen LogP contribution < -0.4 is 5.32 Å². The first kappa shape index (κ1) is 12.5. The van der Waals surface area contributed by atoms with Crippen LogP contribution in [0.4, 0.5) is 0 Å². The largest absolute Gasteiger partial charge is 0.307 e. The van der Waals surface area contributed by atoms with Gasteiger partial charge in [0.15, 0.2) is 0 Å². The number of hydrogen-bond donors (Lipinski definition) is 1. The first-order valence-electron chi connectivity index (χ1n) is 5.85. The Hall–Kier alpha value is 0.01000. The van der Waals surface area contributed by atoms with E-state index in [-0.39, 0.29) is 0 Å². The fraction of sp³-hybridized carbons (Fsp3) is 0.538. The average Bonchev–Trinajstić information content (AvgIpc) is 2.30. The van der Waals surface area contributed by atoms with E-state index >= 15 is 0 Å². The Morgan fingerprint density at radius 2 is 2.38 bits per heavy atom. The third-order valence-corrected chi connectivity index (χ3v) is 4.70. The van der Waals surface area contributed by atoms with Gasteiger partial charge in [-0.1, -0.05) is 28.1 Å². The topological polar surface area (TPSA) is 12.0 Å². The van der Waals surface area contributed by atoms with Crippen LogP contribution in [0.1, 0.15) is 31.4 Å². The van der Waals surface area contributed by atoms with Crippen molar-refractivity contribution in [3.63, 3.8) is 0 Å². The van der Waals surface area contributed by atoms with Crippen LogP contribution in [0.2, 0.25) is 0 Å². The third-order valence-electron chi connectivity index (χ3n) is 2.99. The number of rotatable bonds is 3. The van der Waals surface area contributed by atoms with Gasteiger partial charge in [0.25, 0.3) is 0 Å². The molecule has 1 N–H and O–H groups in total. The standard InChI is InChI=1S/C13H18BrNS/c1-10(11-4-2-5-12(14)8-11)15-13-6-3-7-16-9-13/h2,4-5,8,10,13,15H,3,6-7,9H2,1H3/t10-,13?/m1/s1. The highest BCUT2D eigenvalue weighted by atomic mass is 79.9. The van der Waals surface area contributed by atoms with Gasteiger partial charge in [-0.05, 0) is 43.2 Å². The molecular formula is C13H18BrNS. The molecule has 0 bridgehead atoms. The molecule has 1 saturated heterocycles. The lowest BCUT2D eigenvalue weighted by Gasteiger charge is -2.26. The van der Waals surface area contributed by atoms with Gasteiger partial charge in [-0.3, -0.25) is 0 Å². The zero-order valence-electron chi connectivity index (χ0n) is 9.58. The highest BCUT2D eigenvalue weighted by molar-refractivity contribution is 9.10. The minimum atomic E-state index is 0.446. The van der Waals surface area contributed by atoms with Crippen LogP contribution in [-0.2, 0) is 0 Å².